The van der Waals surface area contributed by atoms with Gasteiger partial charge < -0.3 is 5.11 Å². The van der Waals surface area contributed by atoms with Gasteiger partial charge in [-0.05, 0) is 12.1 Å². The van der Waals surface area contributed by atoms with Crippen molar-refractivity contribution in [2.24, 2.45) is 0 Å². The third-order valence-electron chi connectivity index (χ3n) is 2.09. The quantitative estimate of drug-likeness (QED) is 0.609. The molecule has 19 heavy (non-hydrogen) atoms. The van der Waals surface area contributed by atoms with E-state index in [4.69, 9.17) is 5.11 Å². The van der Waals surface area contributed by atoms with Crippen LogP contribution in [-0.2, 0) is 0 Å². The molecular formula is C18H18O. The Morgan fingerprint density at radius 3 is 0.737 bits per heavy atom. The molecule has 1 heteroatoms. The fourth-order valence-corrected chi connectivity index (χ4v) is 1.20. The Kier molecular flexibility index (Phi) is 8.10. The topological polar surface area (TPSA) is 20.2 Å². The SMILES string of the molecule is Oc1ccccc1.c1ccccc1.c1ccccc1. The predicted molar refractivity (Wildman–Crippen MR) is 81.0 cm³/mol. The molecule has 0 spiro atoms. The van der Waals surface area contributed by atoms with Crippen LogP contribution < -0.4 is 0 Å². The number of rotatable bonds is 0. The van der Waals surface area contributed by atoms with Gasteiger partial charge in [-0.1, -0.05) is 91.0 Å². The largest absolute Gasteiger partial charge is 0.508 e. The molecule has 0 bridgehead atoms. The lowest BCUT2D eigenvalue weighted by molar-refractivity contribution is 0.475. The van der Waals surface area contributed by atoms with E-state index >= 15 is 0 Å². The second-order valence-corrected chi connectivity index (χ2v) is 3.64. The Bertz CT molecular complexity index is 407. The molecule has 3 aromatic rings. The van der Waals surface area contributed by atoms with Gasteiger partial charge in [0, 0.05) is 0 Å². The molecule has 1 N–H and O–H groups in total. The van der Waals surface area contributed by atoms with Crippen molar-refractivity contribution in [1.82, 2.24) is 0 Å². The summed E-state index contributed by atoms with van der Waals surface area (Å²) in [5.74, 6) is 0.322. The Hall–Kier alpha value is -2.54. The molecule has 3 aromatic carbocycles. The summed E-state index contributed by atoms with van der Waals surface area (Å²) >= 11 is 0. The number of phenolic OH excluding ortho intramolecular Hbond substituents is 1. The van der Waals surface area contributed by atoms with Gasteiger partial charge >= 0.3 is 0 Å². The summed E-state index contributed by atoms with van der Waals surface area (Å²) in [6.45, 7) is 0. The van der Waals surface area contributed by atoms with E-state index in [2.05, 4.69) is 0 Å². The summed E-state index contributed by atoms with van der Waals surface area (Å²) in [5, 5.41) is 8.63. The lowest BCUT2D eigenvalue weighted by atomic mass is 10.3. The summed E-state index contributed by atoms with van der Waals surface area (Å²) in [5.41, 5.74) is 0. The van der Waals surface area contributed by atoms with Crippen molar-refractivity contribution < 1.29 is 5.11 Å². The molecular weight excluding hydrogens is 232 g/mol. The lowest BCUT2D eigenvalue weighted by Gasteiger charge is -1.82. The highest BCUT2D eigenvalue weighted by Crippen LogP contribution is 2.02. The van der Waals surface area contributed by atoms with Gasteiger partial charge in [-0.15, -0.1) is 0 Å². The molecule has 96 valence electrons. The molecule has 0 atom stereocenters. The van der Waals surface area contributed by atoms with Crippen LogP contribution in [-0.4, -0.2) is 5.11 Å². The van der Waals surface area contributed by atoms with Crippen LogP contribution >= 0.6 is 0 Å². The number of hydrogen-bond donors (Lipinski definition) is 1. The molecule has 0 amide bonds. The second-order valence-electron chi connectivity index (χ2n) is 3.64. The van der Waals surface area contributed by atoms with Gasteiger partial charge in [0.15, 0.2) is 0 Å². The number of aromatic hydroxyl groups is 1. The maximum absolute atomic E-state index is 8.63. The van der Waals surface area contributed by atoms with Gasteiger partial charge in [0.05, 0.1) is 0 Å². The standard InChI is InChI=1S/C6H6O.2C6H6/c7-6-4-2-1-3-5-6;2*1-2-4-6-5-3-1/h1-5,7H;2*1-6H. The molecule has 0 aliphatic rings. The van der Waals surface area contributed by atoms with Crippen LogP contribution in [0.5, 0.6) is 5.75 Å². The maximum Gasteiger partial charge on any atom is 0.115 e. The van der Waals surface area contributed by atoms with Crippen molar-refractivity contribution in [3.63, 3.8) is 0 Å². The molecule has 1 nitrogen and oxygen atoms in total. The van der Waals surface area contributed by atoms with Crippen LogP contribution in [0.25, 0.3) is 0 Å². The third kappa shape index (κ3) is 9.19. The highest BCUT2D eigenvalue weighted by molar-refractivity contribution is 5.18. The molecule has 3 rings (SSSR count). The van der Waals surface area contributed by atoms with Gasteiger partial charge in [-0.3, -0.25) is 0 Å². The van der Waals surface area contributed by atoms with Gasteiger partial charge in [-0.2, -0.15) is 0 Å². The first-order valence-corrected chi connectivity index (χ1v) is 6.13. The van der Waals surface area contributed by atoms with Crippen molar-refractivity contribution in [3.05, 3.63) is 103 Å². The Labute approximate surface area is 114 Å². The van der Waals surface area contributed by atoms with Crippen LogP contribution in [0, 0.1) is 0 Å². The van der Waals surface area contributed by atoms with Crippen LogP contribution in [0.3, 0.4) is 0 Å². The lowest BCUT2D eigenvalue weighted by Crippen LogP contribution is -1.56. The number of hydrogen-bond acceptors (Lipinski definition) is 1. The van der Waals surface area contributed by atoms with E-state index in [9.17, 15) is 0 Å². The number of benzene rings is 3. The first-order valence-electron chi connectivity index (χ1n) is 6.13. The van der Waals surface area contributed by atoms with Gasteiger partial charge in [-0.25, -0.2) is 0 Å². The minimum Gasteiger partial charge on any atom is -0.508 e. The molecule has 0 heterocycles. The van der Waals surface area contributed by atoms with Crippen molar-refractivity contribution in [2.45, 2.75) is 0 Å². The van der Waals surface area contributed by atoms with E-state index in [0.717, 1.165) is 0 Å². The van der Waals surface area contributed by atoms with Gasteiger partial charge in [0.1, 0.15) is 5.75 Å². The Morgan fingerprint density at radius 2 is 0.579 bits per heavy atom. The van der Waals surface area contributed by atoms with E-state index in [0.29, 0.717) is 5.75 Å². The van der Waals surface area contributed by atoms with Crippen molar-refractivity contribution in [1.29, 1.82) is 0 Å². The van der Waals surface area contributed by atoms with Gasteiger partial charge in [0.25, 0.3) is 0 Å². The van der Waals surface area contributed by atoms with Crippen molar-refractivity contribution in [3.8, 4) is 5.75 Å². The van der Waals surface area contributed by atoms with Crippen LogP contribution in [0.4, 0.5) is 0 Å². The predicted octanol–water partition coefficient (Wildman–Crippen LogP) is 4.77. The van der Waals surface area contributed by atoms with Crippen LogP contribution in [0.15, 0.2) is 103 Å². The summed E-state index contributed by atoms with van der Waals surface area (Å²) in [4.78, 5) is 0. The molecule has 0 radical (unpaired) electrons. The Balaban J connectivity index is 0.000000143. The highest BCUT2D eigenvalue weighted by Gasteiger charge is 1.74. The number of para-hydroxylation sites is 1. The Morgan fingerprint density at radius 1 is 0.368 bits per heavy atom. The maximum atomic E-state index is 8.63. The first kappa shape index (κ1) is 14.5. The monoisotopic (exact) mass is 250 g/mol. The highest BCUT2D eigenvalue weighted by atomic mass is 16.3. The molecule has 0 aliphatic carbocycles. The summed E-state index contributed by atoms with van der Waals surface area (Å²) < 4.78 is 0. The zero-order valence-electron chi connectivity index (χ0n) is 10.8. The van der Waals surface area contributed by atoms with E-state index < -0.39 is 0 Å². The summed E-state index contributed by atoms with van der Waals surface area (Å²) in [6.07, 6.45) is 0. The van der Waals surface area contributed by atoms with Crippen molar-refractivity contribution in [2.75, 3.05) is 0 Å². The minimum atomic E-state index is 0.322. The molecule has 0 aliphatic heterocycles. The summed E-state index contributed by atoms with van der Waals surface area (Å²) in [6, 6.07) is 32.7. The van der Waals surface area contributed by atoms with Crippen LogP contribution in [0.2, 0.25) is 0 Å². The summed E-state index contributed by atoms with van der Waals surface area (Å²) in [7, 11) is 0. The van der Waals surface area contributed by atoms with Gasteiger partial charge in [0.2, 0.25) is 0 Å². The molecule has 0 unspecified atom stereocenters. The fraction of sp³-hybridized carbons (Fsp3) is 0. The normalized spacial score (nSPS) is 8.21. The molecule has 0 fully saturated rings. The average Bonchev–Trinajstić information content (AvgIpc) is 2.53. The smallest absolute Gasteiger partial charge is 0.115 e. The van der Waals surface area contributed by atoms with E-state index in [1.807, 2.05) is 78.9 Å². The van der Waals surface area contributed by atoms with E-state index in [1.165, 1.54) is 0 Å². The first-order chi connectivity index (χ1) is 9.39. The number of phenols is 1. The second kappa shape index (κ2) is 10.6. The molecule has 0 saturated carbocycles. The minimum absolute atomic E-state index is 0.322. The van der Waals surface area contributed by atoms with E-state index in [-0.39, 0.29) is 0 Å². The fourth-order valence-electron chi connectivity index (χ4n) is 1.20. The third-order valence-corrected chi connectivity index (χ3v) is 2.09. The zero-order valence-corrected chi connectivity index (χ0v) is 10.8. The zero-order chi connectivity index (χ0) is 13.6. The van der Waals surface area contributed by atoms with Crippen molar-refractivity contribution >= 4 is 0 Å². The molecule has 0 aromatic heterocycles. The van der Waals surface area contributed by atoms with E-state index in [1.54, 1.807) is 24.3 Å². The average molecular weight is 250 g/mol. The molecule has 0 saturated heterocycles. The van der Waals surface area contributed by atoms with Crippen LogP contribution in [0.1, 0.15) is 0 Å².